The highest BCUT2D eigenvalue weighted by atomic mass is 32.2. The first-order chi connectivity index (χ1) is 5.90. The predicted molar refractivity (Wildman–Crippen MR) is 48.4 cm³/mol. The summed E-state index contributed by atoms with van der Waals surface area (Å²) in [7, 11) is 0. The highest BCUT2D eigenvalue weighted by molar-refractivity contribution is 7.97. The van der Waals surface area contributed by atoms with Crippen molar-refractivity contribution in [1.29, 1.82) is 5.26 Å². The van der Waals surface area contributed by atoms with Crippen LogP contribution in [-0.2, 0) is 0 Å². The molecule has 0 bridgehead atoms. The number of nitrogens with zero attached hydrogens (tertiary/aromatic N) is 2. The summed E-state index contributed by atoms with van der Waals surface area (Å²) >= 11 is 1.65. The van der Waals surface area contributed by atoms with Crippen LogP contribution >= 0.6 is 11.9 Å². The van der Waals surface area contributed by atoms with Crippen molar-refractivity contribution in [3.05, 3.63) is 30.3 Å². The van der Waals surface area contributed by atoms with E-state index in [1.807, 2.05) is 18.2 Å². The summed E-state index contributed by atoms with van der Waals surface area (Å²) in [6.07, 6.45) is 0. The lowest BCUT2D eigenvalue weighted by Crippen LogP contribution is -1.86. The first-order valence-corrected chi connectivity index (χ1v) is 4.57. The minimum absolute atomic E-state index is 0.134. The maximum Gasteiger partial charge on any atom is 0.121 e. The second-order valence-corrected chi connectivity index (χ2v) is 3.77. The van der Waals surface area contributed by atoms with Crippen LogP contribution < -0.4 is 0 Å². The maximum absolute atomic E-state index is 8.55. The van der Waals surface area contributed by atoms with Crippen molar-refractivity contribution in [2.75, 3.05) is 6.54 Å². The van der Waals surface area contributed by atoms with Crippen LogP contribution in [0.2, 0.25) is 0 Å². The molecule has 1 saturated heterocycles. The average Bonchev–Trinajstić information content (AvgIpc) is 2.85. The number of hydrogen-bond acceptors (Lipinski definition) is 3. The SMILES string of the molecule is N#CC1CN1Sc1ccccc1. The third-order valence-electron chi connectivity index (χ3n) is 1.68. The molecule has 0 aromatic heterocycles. The topological polar surface area (TPSA) is 26.8 Å². The van der Waals surface area contributed by atoms with E-state index in [1.165, 1.54) is 4.90 Å². The number of rotatable bonds is 2. The predicted octanol–water partition coefficient (Wildman–Crippen LogP) is 1.90. The van der Waals surface area contributed by atoms with Crippen molar-refractivity contribution in [2.24, 2.45) is 0 Å². The lowest BCUT2D eigenvalue weighted by Gasteiger charge is -1.98. The van der Waals surface area contributed by atoms with Gasteiger partial charge in [0.15, 0.2) is 0 Å². The number of benzene rings is 1. The van der Waals surface area contributed by atoms with Crippen molar-refractivity contribution in [3.63, 3.8) is 0 Å². The normalized spacial score (nSPS) is 26.2. The van der Waals surface area contributed by atoms with Gasteiger partial charge in [0.25, 0.3) is 0 Å². The van der Waals surface area contributed by atoms with Gasteiger partial charge < -0.3 is 0 Å². The molecule has 2 nitrogen and oxygen atoms in total. The molecule has 2 atom stereocenters. The fourth-order valence-electron chi connectivity index (χ4n) is 0.946. The van der Waals surface area contributed by atoms with Gasteiger partial charge in [-0.1, -0.05) is 18.2 Å². The Labute approximate surface area is 75.9 Å². The summed E-state index contributed by atoms with van der Waals surface area (Å²) in [5.41, 5.74) is 0. The zero-order valence-corrected chi connectivity index (χ0v) is 7.29. The van der Waals surface area contributed by atoms with E-state index < -0.39 is 0 Å². The molecule has 0 radical (unpaired) electrons. The van der Waals surface area contributed by atoms with Gasteiger partial charge in [-0.15, -0.1) is 0 Å². The standard InChI is InChI=1S/C9H8N2S/c10-6-8-7-11(8)12-9-4-2-1-3-5-9/h1-5,8H,7H2. The Hall–Kier alpha value is -0.980. The van der Waals surface area contributed by atoms with Gasteiger partial charge in [-0.2, -0.15) is 5.26 Å². The van der Waals surface area contributed by atoms with Crippen LogP contribution in [0.1, 0.15) is 0 Å². The quantitative estimate of drug-likeness (QED) is 0.508. The minimum Gasteiger partial charge on any atom is -0.225 e. The summed E-state index contributed by atoms with van der Waals surface area (Å²) in [6.45, 7) is 0.899. The van der Waals surface area contributed by atoms with Crippen LogP contribution in [0, 0.1) is 11.3 Å². The molecule has 2 unspecified atom stereocenters. The first-order valence-electron chi connectivity index (χ1n) is 3.79. The number of nitriles is 1. The first kappa shape index (κ1) is 7.66. The van der Waals surface area contributed by atoms with Crippen molar-refractivity contribution < 1.29 is 0 Å². The van der Waals surface area contributed by atoms with Gasteiger partial charge in [0, 0.05) is 11.4 Å². The van der Waals surface area contributed by atoms with Crippen LogP contribution in [0.15, 0.2) is 35.2 Å². The van der Waals surface area contributed by atoms with Crippen molar-refractivity contribution in [3.8, 4) is 6.07 Å². The Kier molecular flexibility index (Phi) is 2.03. The van der Waals surface area contributed by atoms with E-state index >= 15 is 0 Å². The zero-order chi connectivity index (χ0) is 8.39. The van der Waals surface area contributed by atoms with E-state index in [9.17, 15) is 0 Å². The molecule has 2 rings (SSSR count). The number of hydrogen-bond donors (Lipinski definition) is 0. The van der Waals surface area contributed by atoms with Crippen LogP contribution in [0.5, 0.6) is 0 Å². The molecule has 0 N–H and O–H groups in total. The van der Waals surface area contributed by atoms with E-state index in [0.29, 0.717) is 0 Å². The van der Waals surface area contributed by atoms with Gasteiger partial charge in [-0.3, -0.25) is 0 Å². The Balaban J connectivity index is 1.95. The fraction of sp³-hybridized carbons (Fsp3) is 0.222. The Bertz CT molecular complexity index is 304. The molecule has 1 heterocycles. The van der Waals surface area contributed by atoms with Gasteiger partial charge in [-0.05, 0) is 24.1 Å². The molecule has 0 spiro atoms. The monoisotopic (exact) mass is 176 g/mol. The maximum atomic E-state index is 8.55. The second kappa shape index (κ2) is 3.18. The largest absolute Gasteiger partial charge is 0.225 e. The van der Waals surface area contributed by atoms with Crippen LogP contribution in [0.4, 0.5) is 0 Å². The molecule has 12 heavy (non-hydrogen) atoms. The van der Waals surface area contributed by atoms with Crippen LogP contribution in [0.25, 0.3) is 0 Å². The van der Waals surface area contributed by atoms with E-state index in [1.54, 1.807) is 11.9 Å². The van der Waals surface area contributed by atoms with E-state index in [4.69, 9.17) is 5.26 Å². The highest BCUT2D eigenvalue weighted by Gasteiger charge is 2.34. The average molecular weight is 176 g/mol. The van der Waals surface area contributed by atoms with Gasteiger partial charge >= 0.3 is 0 Å². The van der Waals surface area contributed by atoms with Crippen molar-refractivity contribution in [1.82, 2.24) is 4.31 Å². The van der Waals surface area contributed by atoms with E-state index in [-0.39, 0.29) is 6.04 Å². The molecule has 0 amide bonds. The summed E-state index contributed by atoms with van der Waals surface area (Å²) in [5, 5.41) is 8.55. The summed E-state index contributed by atoms with van der Waals surface area (Å²) in [4.78, 5) is 1.20. The summed E-state index contributed by atoms with van der Waals surface area (Å²) < 4.78 is 2.06. The molecule has 1 fully saturated rings. The van der Waals surface area contributed by atoms with Gasteiger partial charge in [0.2, 0.25) is 0 Å². The molecule has 1 aromatic rings. The lowest BCUT2D eigenvalue weighted by molar-refractivity contribution is 0.896. The minimum atomic E-state index is 0.134. The third kappa shape index (κ3) is 1.60. The fourth-order valence-corrected chi connectivity index (χ4v) is 1.89. The van der Waals surface area contributed by atoms with Gasteiger partial charge in [0.1, 0.15) is 6.04 Å². The van der Waals surface area contributed by atoms with E-state index in [2.05, 4.69) is 22.5 Å². The summed E-state index contributed by atoms with van der Waals surface area (Å²) in [6, 6.07) is 12.5. The molecule has 0 saturated carbocycles. The Morgan fingerprint density at radius 2 is 2.17 bits per heavy atom. The Morgan fingerprint density at radius 1 is 1.42 bits per heavy atom. The van der Waals surface area contributed by atoms with Crippen molar-refractivity contribution in [2.45, 2.75) is 10.9 Å². The highest BCUT2D eigenvalue weighted by Crippen LogP contribution is 2.32. The molecule has 1 aromatic carbocycles. The molecule has 1 aliphatic rings. The van der Waals surface area contributed by atoms with Gasteiger partial charge in [0.05, 0.1) is 6.07 Å². The van der Waals surface area contributed by atoms with Gasteiger partial charge in [-0.25, -0.2) is 4.31 Å². The van der Waals surface area contributed by atoms with Crippen LogP contribution in [0.3, 0.4) is 0 Å². The molecule has 3 heteroatoms. The smallest absolute Gasteiger partial charge is 0.121 e. The third-order valence-corrected chi connectivity index (χ3v) is 2.80. The van der Waals surface area contributed by atoms with E-state index in [0.717, 1.165) is 6.54 Å². The Morgan fingerprint density at radius 3 is 2.75 bits per heavy atom. The summed E-state index contributed by atoms with van der Waals surface area (Å²) in [5.74, 6) is 0. The second-order valence-electron chi connectivity index (χ2n) is 2.65. The molecular weight excluding hydrogens is 168 g/mol. The van der Waals surface area contributed by atoms with Crippen molar-refractivity contribution >= 4 is 11.9 Å². The zero-order valence-electron chi connectivity index (χ0n) is 6.47. The molecule has 60 valence electrons. The molecule has 1 aliphatic heterocycles. The van der Waals surface area contributed by atoms with Crippen LogP contribution in [-0.4, -0.2) is 16.9 Å². The molecule has 0 aliphatic carbocycles. The lowest BCUT2D eigenvalue weighted by atomic mass is 10.4. The molecular formula is C9H8N2S.